The first kappa shape index (κ1) is 35.5. The first-order valence-corrected chi connectivity index (χ1v) is 18.6. The third kappa shape index (κ3) is 13.5. The first-order chi connectivity index (χ1) is 19.9. The van der Waals surface area contributed by atoms with Crippen LogP contribution in [0.2, 0.25) is 0 Å². The lowest BCUT2D eigenvalue weighted by Crippen LogP contribution is -2.53. The summed E-state index contributed by atoms with van der Waals surface area (Å²) in [6, 6.07) is 5.79. The Morgan fingerprint density at radius 1 is 0.929 bits per heavy atom. The molecule has 4 N–H and O–H groups in total. The molecule has 2 rings (SSSR count). The van der Waals surface area contributed by atoms with Crippen molar-refractivity contribution in [1.82, 2.24) is 16.2 Å². The highest BCUT2D eigenvalue weighted by molar-refractivity contribution is 7.93. The van der Waals surface area contributed by atoms with Crippen molar-refractivity contribution < 1.29 is 31.1 Å². The van der Waals surface area contributed by atoms with E-state index in [9.17, 15) is 21.6 Å². The maximum atomic E-state index is 12.6. The smallest absolute Gasteiger partial charge is 0.350 e. The Bertz CT molecular complexity index is 1280. The lowest BCUT2D eigenvalue weighted by Gasteiger charge is -2.11. The number of amidine groups is 1. The molecule has 0 aromatic heterocycles. The molecule has 2 amide bonds. The second-order valence-corrected chi connectivity index (χ2v) is 14.6. The number of sulfone groups is 1. The zero-order valence-electron chi connectivity index (χ0n) is 25.4. The average molecular weight is 630 g/mol. The number of carbonyl (C=O) groups is 1. The molecule has 0 saturated carbocycles. The van der Waals surface area contributed by atoms with Gasteiger partial charge in [0.05, 0.1) is 17.7 Å². The van der Waals surface area contributed by atoms with Gasteiger partial charge < -0.3 is 10.1 Å². The molecule has 238 valence electrons. The van der Waals surface area contributed by atoms with Gasteiger partial charge in [-0.2, -0.15) is 10.9 Å². The lowest BCUT2D eigenvalue weighted by molar-refractivity contribution is -0.444. The van der Waals surface area contributed by atoms with Crippen molar-refractivity contribution in [2.75, 3.05) is 37.0 Å². The number of nitrogens with zero attached hydrogens (tertiary/aromatic N) is 2. The molecular formula is C28H49N6O6S2+. The number of ether oxygens (including phenoxy) is 1. The Balaban J connectivity index is 1.76. The Hall–Kier alpha value is -2.71. The number of hydrazine groups is 1. The highest BCUT2D eigenvalue weighted by atomic mass is 32.2. The number of amides is 2. The summed E-state index contributed by atoms with van der Waals surface area (Å²) in [4.78, 5) is 12.4. The van der Waals surface area contributed by atoms with Crippen LogP contribution in [0.25, 0.3) is 0 Å². The molecule has 1 heterocycles. The fourth-order valence-corrected chi connectivity index (χ4v) is 6.44. The van der Waals surface area contributed by atoms with Gasteiger partial charge in [0.2, 0.25) is 15.3 Å². The van der Waals surface area contributed by atoms with Gasteiger partial charge in [-0.05, 0) is 31.9 Å². The molecule has 0 spiro atoms. The molecular weight excluding hydrogens is 580 g/mol. The van der Waals surface area contributed by atoms with Crippen LogP contribution in [0.15, 0.2) is 29.4 Å². The Kier molecular flexibility index (Phi) is 15.3. The van der Waals surface area contributed by atoms with Gasteiger partial charge >= 0.3 is 11.9 Å². The van der Waals surface area contributed by atoms with Gasteiger partial charge in [-0.3, -0.25) is 4.72 Å². The second kappa shape index (κ2) is 18.1. The maximum absolute atomic E-state index is 12.6. The number of urea groups is 1. The number of hydrogen-bond donors (Lipinski definition) is 4. The number of nitrogens with one attached hydrogen (secondary N) is 4. The molecule has 1 aromatic carbocycles. The quantitative estimate of drug-likeness (QED) is 0.102. The third-order valence-electron chi connectivity index (χ3n) is 6.63. The summed E-state index contributed by atoms with van der Waals surface area (Å²) in [6.45, 7) is 5.45. The Morgan fingerprint density at radius 3 is 2.17 bits per heavy atom. The summed E-state index contributed by atoms with van der Waals surface area (Å²) in [5.41, 5.74) is 6.16. The SMILES string of the molecule is CCCCCCCCCCCCOCCCNC(=O)NNC1=[N+](c2cccc(NS(C)(=O)=O)c2)N=C(C)C1S(C)(=O)=O. The van der Waals surface area contributed by atoms with Crippen molar-refractivity contribution in [1.29, 1.82) is 0 Å². The number of carbonyl (C=O) groups excluding carboxylic acids is 1. The fourth-order valence-electron chi connectivity index (χ4n) is 4.65. The second-order valence-electron chi connectivity index (χ2n) is 10.7. The van der Waals surface area contributed by atoms with Crippen molar-refractivity contribution in [2.24, 2.45) is 5.10 Å². The molecule has 1 unspecified atom stereocenters. The van der Waals surface area contributed by atoms with Gasteiger partial charge in [0.25, 0.3) is 0 Å². The maximum Gasteiger partial charge on any atom is 0.350 e. The van der Waals surface area contributed by atoms with Gasteiger partial charge in [-0.1, -0.05) is 80.6 Å². The van der Waals surface area contributed by atoms with E-state index in [4.69, 9.17) is 4.74 Å². The van der Waals surface area contributed by atoms with Crippen LogP contribution < -0.4 is 20.9 Å². The minimum Gasteiger partial charge on any atom is -0.381 e. The monoisotopic (exact) mass is 629 g/mol. The van der Waals surface area contributed by atoms with Crippen LogP contribution in [0.1, 0.15) is 84.5 Å². The highest BCUT2D eigenvalue weighted by Crippen LogP contribution is 2.23. The number of rotatable bonds is 19. The topological polar surface area (TPSA) is 158 Å². The summed E-state index contributed by atoms with van der Waals surface area (Å²) < 4.78 is 57.8. The average Bonchev–Trinajstić information content (AvgIpc) is 3.25. The summed E-state index contributed by atoms with van der Waals surface area (Å²) >= 11 is 0. The summed E-state index contributed by atoms with van der Waals surface area (Å²) in [5, 5.41) is 5.95. The standard InChI is InChI=1S/C28H48N6O6S2/c1-5-6-7-8-9-10-11-12-13-14-20-40-21-16-19-29-28(35)31-30-27-26(41(3,36)37)23(2)32-34(27)25-18-15-17-24(22-25)33-42(4,38)39/h15,17-18,22,26,33H,5-14,16,19-21H2,1-4H3,(H2,29,31,35)/p+1. The molecule has 1 aliphatic rings. The number of sulfonamides is 1. The van der Waals surface area contributed by atoms with E-state index in [-0.39, 0.29) is 11.5 Å². The molecule has 12 nitrogen and oxygen atoms in total. The van der Waals surface area contributed by atoms with E-state index in [1.54, 1.807) is 25.1 Å². The molecule has 42 heavy (non-hydrogen) atoms. The normalized spacial score (nSPS) is 15.4. The Morgan fingerprint density at radius 2 is 1.55 bits per heavy atom. The predicted octanol–water partition coefficient (Wildman–Crippen LogP) is 4.03. The van der Waals surface area contributed by atoms with Crippen LogP contribution in [-0.4, -0.2) is 76.6 Å². The van der Waals surface area contributed by atoms with Crippen LogP contribution in [0.5, 0.6) is 0 Å². The molecule has 1 aliphatic heterocycles. The highest BCUT2D eigenvalue weighted by Gasteiger charge is 2.43. The predicted molar refractivity (Wildman–Crippen MR) is 169 cm³/mol. The number of unbranched alkanes of at least 4 members (excludes halogenated alkanes) is 9. The van der Waals surface area contributed by atoms with Crippen molar-refractivity contribution >= 4 is 48.8 Å². The molecule has 1 atom stereocenters. The van der Waals surface area contributed by atoms with Crippen molar-refractivity contribution in [3.05, 3.63) is 24.3 Å². The molecule has 1 aromatic rings. The van der Waals surface area contributed by atoms with Gasteiger partial charge in [-0.15, -0.1) is 0 Å². The minimum absolute atomic E-state index is 0.0986. The van der Waals surface area contributed by atoms with Crippen molar-refractivity contribution in [3.8, 4) is 0 Å². The number of anilines is 1. The molecule has 0 fully saturated rings. The van der Waals surface area contributed by atoms with Gasteiger partial charge in [0.15, 0.2) is 15.5 Å². The summed E-state index contributed by atoms with van der Waals surface area (Å²) in [7, 11) is -7.16. The van der Waals surface area contributed by atoms with E-state index in [1.807, 2.05) is 0 Å². The van der Waals surface area contributed by atoms with E-state index in [1.165, 1.54) is 68.5 Å². The fraction of sp³-hybridized carbons (Fsp3) is 0.679. The largest absolute Gasteiger partial charge is 0.381 e. The van der Waals surface area contributed by atoms with E-state index >= 15 is 0 Å². The van der Waals surface area contributed by atoms with Gasteiger partial charge in [-0.25, -0.2) is 21.6 Å². The van der Waals surface area contributed by atoms with Crippen LogP contribution in [-0.2, 0) is 24.6 Å². The molecule has 0 aliphatic carbocycles. The molecule has 0 saturated heterocycles. The van der Waals surface area contributed by atoms with Crippen LogP contribution in [0, 0.1) is 0 Å². The zero-order valence-corrected chi connectivity index (χ0v) is 27.1. The summed E-state index contributed by atoms with van der Waals surface area (Å²) in [6.07, 6.45) is 15.5. The lowest BCUT2D eigenvalue weighted by atomic mass is 10.1. The summed E-state index contributed by atoms with van der Waals surface area (Å²) in [5.74, 6) is 0.0986. The van der Waals surface area contributed by atoms with E-state index in [0.717, 1.165) is 18.9 Å². The van der Waals surface area contributed by atoms with Crippen LogP contribution >= 0.6 is 0 Å². The number of benzene rings is 1. The third-order valence-corrected chi connectivity index (χ3v) is 8.66. The van der Waals surface area contributed by atoms with Crippen molar-refractivity contribution in [2.45, 2.75) is 89.7 Å². The van der Waals surface area contributed by atoms with Gasteiger partial charge in [0.1, 0.15) is 0 Å². The van der Waals surface area contributed by atoms with Gasteiger partial charge in [0, 0.05) is 32.1 Å². The van der Waals surface area contributed by atoms with E-state index in [0.29, 0.717) is 37.6 Å². The first-order valence-electron chi connectivity index (χ1n) is 14.8. The van der Waals surface area contributed by atoms with E-state index < -0.39 is 31.1 Å². The Labute approximate surface area is 251 Å². The number of hydrazone groups is 1. The molecule has 0 bridgehead atoms. The van der Waals surface area contributed by atoms with Crippen LogP contribution in [0.4, 0.5) is 16.2 Å². The molecule has 0 radical (unpaired) electrons. The number of hydrogen-bond acceptors (Lipinski definition) is 8. The minimum atomic E-state index is -3.64. The van der Waals surface area contributed by atoms with E-state index in [2.05, 4.69) is 32.9 Å². The van der Waals surface area contributed by atoms with Crippen molar-refractivity contribution in [3.63, 3.8) is 0 Å². The zero-order chi connectivity index (χ0) is 31.0. The van der Waals surface area contributed by atoms with Crippen LogP contribution in [0.3, 0.4) is 0 Å². The molecule has 14 heteroatoms.